The van der Waals surface area contributed by atoms with Gasteiger partial charge in [0, 0.05) is 44.2 Å². The zero-order chi connectivity index (χ0) is 19.8. The van der Waals surface area contributed by atoms with E-state index in [9.17, 15) is 9.59 Å². The normalized spacial score (nSPS) is 15.2. The zero-order valence-corrected chi connectivity index (χ0v) is 16.5. The molecule has 1 fully saturated rings. The number of benzene rings is 2. The number of nitrogens with one attached hydrogen (secondary N) is 2. The Bertz CT molecular complexity index is 766. The molecule has 0 saturated carbocycles. The van der Waals surface area contributed by atoms with Crippen LogP contribution in [0.3, 0.4) is 0 Å². The average molecular weight is 380 g/mol. The number of nitrogens with zero attached hydrogens (tertiary/aromatic N) is 1. The molecule has 28 heavy (non-hydrogen) atoms. The minimum absolute atomic E-state index is 0.0505. The fourth-order valence-electron chi connectivity index (χ4n) is 3.49. The molecule has 2 aromatic rings. The van der Waals surface area contributed by atoms with Gasteiger partial charge in [0.25, 0.3) is 0 Å². The van der Waals surface area contributed by atoms with Gasteiger partial charge in [-0.05, 0) is 25.3 Å². The molecule has 5 heteroatoms. The lowest BCUT2D eigenvalue weighted by Crippen LogP contribution is -2.48. The highest BCUT2D eigenvalue weighted by atomic mass is 16.2. The fraction of sp³-hybridized carbons (Fsp3) is 0.391. The second-order valence-corrected chi connectivity index (χ2v) is 7.48. The van der Waals surface area contributed by atoms with E-state index in [1.54, 1.807) is 0 Å². The molecule has 1 aliphatic rings. The molecule has 2 amide bonds. The molecule has 148 valence electrons. The van der Waals surface area contributed by atoms with Crippen molar-refractivity contribution in [1.29, 1.82) is 0 Å². The van der Waals surface area contributed by atoms with Crippen molar-refractivity contribution in [2.24, 2.45) is 0 Å². The van der Waals surface area contributed by atoms with Crippen LogP contribution in [0.2, 0.25) is 0 Å². The van der Waals surface area contributed by atoms with Crippen molar-refractivity contribution in [3.05, 3.63) is 71.3 Å². The Labute approximate surface area is 167 Å². The van der Waals surface area contributed by atoms with Crippen LogP contribution in [-0.4, -0.2) is 42.4 Å². The van der Waals surface area contributed by atoms with Gasteiger partial charge in [-0.2, -0.15) is 0 Å². The highest BCUT2D eigenvalue weighted by Gasteiger charge is 2.20. The number of rotatable bonds is 7. The molecule has 0 atom stereocenters. The SMILES string of the molecule is Cc1ccc(C(=O)CCNC(=O)NC2CCN(Cc3ccccc3)CC2)cc1. The van der Waals surface area contributed by atoms with Gasteiger partial charge in [0.1, 0.15) is 0 Å². The summed E-state index contributed by atoms with van der Waals surface area (Å²) in [6, 6.07) is 18.0. The average Bonchev–Trinajstić information content (AvgIpc) is 2.71. The van der Waals surface area contributed by atoms with Gasteiger partial charge in [0.15, 0.2) is 5.78 Å². The molecule has 0 unspecified atom stereocenters. The summed E-state index contributed by atoms with van der Waals surface area (Å²) in [6.45, 7) is 5.26. The maximum Gasteiger partial charge on any atom is 0.315 e. The first-order chi connectivity index (χ1) is 13.6. The quantitative estimate of drug-likeness (QED) is 0.724. The summed E-state index contributed by atoms with van der Waals surface area (Å²) in [7, 11) is 0. The summed E-state index contributed by atoms with van der Waals surface area (Å²) in [5.74, 6) is 0.0505. The van der Waals surface area contributed by atoms with Crippen LogP contribution in [0.5, 0.6) is 0 Å². The van der Waals surface area contributed by atoms with Gasteiger partial charge in [-0.3, -0.25) is 9.69 Å². The number of piperidine rings is 1. The molecule has 0 aromatic heterocycles. The summed E-state index contributed by atoms with van der Waals surface area (Å²) in [6.07, 6.45) is 2.21. The molecule has 0 bridgehead atoms. The molecular formula is C23H29N3O2. The van der Waals surface area contributed by atoms with E-state index in [4.69, 9.17) is 0 Å². The van der Waals surface area contributed by atoms with Crippen molar-refractivity contribution in [3.63, 3.8) is 0 Å². The van der Waals surface area contributed by atoms with E-state index in [1.807, 2.05) is 37.3 Å². The third-order valence-electron chi connectivity index (χ3n) is 5.18. The van der Waals surface area contributed by atoms with Crippen LogP contribution in [0.1, 0.15) is 40.7 Å². The third-order valence-corrected chi connectivity index (χ3v) is 5.18. The molecule has 0 radical (unpaired) electrons. The van der Waals surface area contributed by atoms with Crippen LogP contribution >= 0.6 is 0 Å². The molecule has 1 heterocycles. The van der Waals surface area contributed by atoms with E-state index in [1.165, 1.54) is 5.56 Å². The van der Waals surface area contributed by atoms with Crippen molar-refractivity contribution < 1.29 is 9.59 Å². The van der Waals surface area contributed by atoms with E-state index in [0.717, 1.165) is 38.0 Å². The second kappa shape index (κ2) is 10.0. The Morgan fingerprint density at radius 1 is 1.00 bits per heavy atom. The summed E-state index contributed by atoms with van der Waals surface area (Å²) in [5, 5.41) is 5.84. The van der Waals surface area contributed by atoms with Gasteiger partial charge in [0.05, 0.1) is 0 Å². The Balaban J connectivity index is 1.32. The summed E-state index contributed by atoms with van der Waals surface area (Å²) in [4.78, 5) is 26.7. The van der Waals surface area contributed by atoms with Gasteiger partial charge < -0.3 is 10.6 Å². The van der Waals surface area contributed by atoms with Gasteiger partial charge in [0.2, 0.25) is 0 Å². The fourth-order valence-corrected chi connectivity index (χ4v) is 3.49. The molecule has 2 aromatic carbocycles. The van der Waals surface area contributed by atoms with Crippen LogP contribution in [0.25, 0.3) is 0 Å². The summed E-state index contributed by atoms with van der Waals surface area (Å²) >= 11 is 0. The number of likely N-dealkylation sites (tertiary alicyclic amines) is 1. The maximum atomic E-state index is 12.1. The minimum Gasteiger partial charge on any atom is -0.338 e. The van der Waals surface area contributed by atoms with Crippen molar-refractivity contribution in [2.45, 2.75) is 38.8 Å². The predicted molar refractivity (Wildman–Crippen MR) is 111 cm³/mol. The Morgan fingerprint density at radius 2 is 1.68 bits per heavy atom. The first-order valence-corrected chi connectivity index (χ1v) is 10.0. The Morgan fingerprint density at radius 3 is 2.36 bits per heavy atom. The van der Waals surface area contributed by atoms with Crippen molar-refractivity contribution in [3.8, 4) is 0 Å². The van der Waals surface area contributed by atoms with Crippen LogP contribution in [-0.2, 0) is 6.54 Å². The molecule has 2 N–H and O–H groups in total. The lowest BCUT2D eigenvalue weighted by atomic mass is 10.0. The van der Waals surface area contributed by atoms with Crippen LogP contribution < -0.4 is 10.6 Å². The van der Waals surface area contributed by atoms with E-state index >= 15 is 0 Å². The predicted octanol–water partition coefficient (Wildman–Crippen LogP) is 3.53. The maximum absolute atomic E-state index is 12.1. The number of amides is 2. The largest absolute Gasteiger partial charge is 0.338 e. The van der Waals surface area contributed by atoms with Gasteiger partial charge in [-0.15, -0.1) is 0 Å². The Kier molecular flexibility index (Phi) is 7.20. The highest BCUT2D eigenvalue weighted by Crippen LogP contribution is 2.13. The Hall–Kier alpha value is -2.66. The standard InChI is InChI=1S/C23H29N3O2/c1-18-7-9-20(10-8-18)22(27)11-14-24-23(28)25-21-12-15-26(16-13-21)17-19-5-3-2-4-6-19/h2-10,21H,11-17H2,1H3,(H2,24,25,28). The van der Waals surface area contributed by atoms with E-state index in [-0.39, 0.29) is 17.9 Å². The van der Waals surface area contributed by atoms with Crippen LogP contribution in [0.4, 0.5) is 4.79 Å². The monoisotopic (exact) mass is 379 g/mol. The van der Waals surface area contributed by atoms with Crippen LogP contribution in [0.15, 0.2) is 54.6 Å². The summed E-state index contributed by atoms with van der Waals surface area (Å²) in [5.41, 5.74) is 3.15. The minimum atomic E-state index is -0.182. The molecule has 1 aliphatic heterocycles. The molecule has 0 spiro atoms. The van der Waals surface area contributed by atoms with Gasteiger partial charge in [-0.25, -0.2) is 4.79 Å². The summed E-state index contributed by atoms with van der Waals surface area (Å²) < 4.78 is 0. The number of carbonyl (C=O) groups excluding carboxylic acids is 2. The van der Waals surface area contributed by atoms with E-state index < -0.39 is 0 Å². The first-order valence-electron chi connectivity index (χ1n) is 10.0. The lowest BCUT2D eigenvalue weighted by molar-refractivity contribution is 0.0983. The van der Waals surface area contributed by atoms with Crippen molar-refractivity contribution >= 4 is 11.8 Å². The lowest BCUT2D eigenvalue weighted by Gasteiger charge is -2.32. The highest BCUT2D eigenvalue weighted by molar-refractivity contribution is 5.96. The van der Waals surface area contributed by atoms with Gasteiger partial charge >= 0.3 is 6.03 Å². The first kappa shape index (κ1) is 20.1. The van der Waals surface area contributed by atoms with Crippen molar-refractivity contribution in [2.75, 3.05) is 19.6 Å². The second-order valence-electron chi connectivity index (χ2n) is 7.48. The van der Waals surface area contributed by atoms with Crippen molar-refractivity contribution in [1.82, 2.24) is 15.5 Å². The van der Waals surface area contributed by atoms with Gasteiger partial charge in [-0.1, -0.05) is 60.2 Å². The number of urea groups is 1. The number of hydrogen-bond acceptors (Lipinski definition) is 3. The molecule has 3 rings (SSSR count). The number of carbonyl (C=O) groups is 2. The van der Waals surface area contributed by atoms with E-state index in [2.05, 4.69) is 39.8 Å². The molecule has 5 nitrogen and oxygen atoms in total. The molecule has 0 aliphatic carbocycles. The van der Waals surface area contributed by atoms with Crippen LogP contribution in [0, 0.1) is 6.92 Å². The third kappa shape index (κ3) is 6.20. The number of aryl methyl sites for hydroxylation is 1. The molecular weight excluding hydrogens is 350 g/mol. The number of Topliss-reactive ketones (excluding diaryl/α,β-unsaturated/α-hetero) is 1. The number of ketones is 1. The smallest absolute Gasteiger partial charge is 0.315 e. The van der Waals surface area contributed by atoms with E-state index in [0.29, 0.717) is 18.5 Å². The zero-order valence-electron chi connectivity index (χ0n) is 16.5. The molecule has 1 saturated heterocycles. The number of hydrogen-bond donors (Lipinski definition) is 2. The topological polar surface area (TPSA) is 61.4 Å².